The first-order valence-electron chi connectivity index (χ1n) is 10.9. The summed E-state index contributed by atoms with van der Waals surface area (Å²) in [5.74, 6) is -0.637. The van der Waals surface area contributed by atoms with Crippen molar-refractivity contribution in [3.63, 3.8) is 0 Å². The van der Waals surface area contributed by atoms with Gasteiger partial charge in [-0.3, -0.25) is 9.59 Å². The number of aromatic nitrogens is 5. The van der Waals surface area contributed by atoms with Gasteiger partial charge in [0.1, 0.15) is 17.4 Å². The Labute approximate surface area is 204 Å². The van der Waals surface area contributed by atoms with E-state index in [4.69, 9.17) is 9.47 Å². The molecule has 3 aromatic rings. The molecule has 0 aliphatic carbocycles. The molecule has 0 saturated heterocycles. The van der Waals surface area contributed by atoms with Crippen LogP contribution in [0.25, 0.3) is 11.2 Å². The third-order valence-corrected chi connectivity index (χ3v) is 5.52. The zero-order chi connectivity index (χ0) is 27.0. The lowest BCUT2D eigenvalue weighted by atomic mass is 10.2. The minimum absolute atomic E-state index is 0.0518. The minimum atomic E-state index is -4.94. The lowest BCUT2D eigenvalue weighted by molar-refractivity contribution is -0.141. The lowest BCUT2D eigenvalue weighted by Gasteiger charge is -2.27. The molecule has 1 N–H and O–H groups in total. The number of rotatable bonds is 7. The number of fused-ring (bicyclic) bond motifs is 3. The topological polar surface area (TPSA) is 115 Å². The number of nitrogens with zero attached hydrogens (tertiary/aromatic N) is 5. The number of aromatic amines is 1. The number of hydrogen-bond acceptors (Lipinski definition) is 7. The van der Waals surface area contributed by atoms with E-state index >= 15 is 0 Å². The molecule has 200 valence electrons. The predicted molar refractivity (Wildman–Crippen MR) is 113 cm³/mol. The number of hydrogen-bond donors (Lipinski definition) is 1. The van der Waals surface area contributed by atoms with Crippen LogP contribution in [0, 0.1) is 0 Å². The van der Waals surface area contributed by atoms with E-state index < -0.39 is 40.9 Å². The fourth-order valence-corrected chi connectivity index (χ4v) is 3.81. The number of carbonyl (C=O) groups is 1. The number of halogens is 6. The maximum atomic E-state index is 13.1. The van der Waals surface area contributed by atoms with E-state index in [-0.39, 0.29) is 44.1 Å². The van der Waals surface area contributed by atoms with Crippen molar-refractivity contribution in [3.05, 3.63) is 45.8 Å². The van der Waals surface area contributed by atoms with Crippen molar-refractivity contribution in [1.29, 1.82) is 0 Å². The number of nitrogens with one attached hydrogen (secondary N) is 1. The summed E-state index contributed by atoms with van der Waals surface area (Å²) >= 11 is 0. The summed E-state index contributed by atoms with van der Waals surface area (Å²) in [6.07, 6.45) is -8.94. The minimum Gasteiger partial charge on any atom is -0.486 e. The summed E-state index contributed by atoms with van der Waals surface area (Å²) < 4.78 is 90.3. The highest BCUT2D eigenvalue weighted by Gasteiger charge is 2.38. The third kappa shape index (κ3) is 5.84. The zero-order valence-electron chi connectivity index (χ0n) is 19.2. The van der Waals surface area contributed by atoms with Gasteiger partial charge < -0.3 is 18.9 Å². The molecular formula is C21H20F6N6O4. The van der Waals surface area contributed by atoms with E-state index in [2.05, 4.69) is 15.1 Å². The average molecular weight is 534 g/mol. The van der Waals surface area contributed by atoms with E-state index in [1.807, 2.05) is 0 Å². The molecule has 37 heavy (non-hydrogen) atoms. The van der Waals surface area contributed by atoms with Gasteiger partial charge in [0.15, 0.2) is 17.0 Å². The molecule has 4 rings (SSSR count). The van der Waals surface area contributed by atoms with Crippen LogP contribution in [0.5, 0.6) is 5.75 Å². The van der Waals surface area contributed by atoms with Gasteiger partial charge in [-0.25, -0.2) is 15.1 Å². The SMILES string of the molecule is CC(COCCC(=O)N1CCn2c(nc3cc(C(F)(F)F)cnc32)C1)Oc1cn[nH]c(=O)c1C(F)(F)F. The normalized spacial score (nSPS) is 15.1. The van der Waals surface area contributed by atoms with Gasteiger partial charge in [-0.1, -0.05) is 0 Å². The highest BCUT2D eigenvalue weighted by Crippen LogP contribution is 2.33. The van der Waals surface area contributed by atoms with Gasteiger partial charge >= 0.3 is 12.4 Å². The molecule has 3 aromatic heterocycles. The Balaban J connectivity index is 1.29. The van der Waals surface area contributed by atoms with Gasteiger partial charge in [-0.15, -0.1) is 0 Å². The summed E-state index contributed by atoms with van der Waals surface area (Å²) in [5.41, 5.74) is -3.47. The van der Waals surface area contributed by atoms with Crippen molar-refractivity contribution < 1.29 is 40.6 Å². The van der Waals surface area contributed by atoms with Gasteiger partial charge in [0, 0.05) is 19.3 Å². The summed E-state index contributed by atoms with van der Waals surface area (Å²) in [5, 5.41) is 5.02. The number of alkyl halides is 6. The molecule has 1 aliphatic rings. The van der Waals surface area contributed by atoms with Crippen LogP contribution < -0.4 is 10.3 Å². The average Bonchev–Trinajstić information content (AvgIpc) is 3.17. The molecule has 4 heterocycles. The molecule has 0 spiro atoms. The van der Waals surface area contributed by atoms with Crippen LogP contribution in [0.4, 0.5) is 26.3 Å². The van der Waals surface area contributed by atoms with Crippen molar-refractivity contribution in [1.82, 2.24) is 29.6 Å². The van der Waals surface area contributed by atoms with E-state index in [1.165, 1.54) is 11.8 Å². The monoisotopic (exact) mass is 534 g/mol. The lowest BCUT2D eigenvalue weighted by Crippen LogP contribution is -2.39. The Hall–Kier alpha value is -3.69. The molecule has 10 nitrogen and oxygen atoms in total. The number of ether oxygens (including phenoxy) is 2. The van der Waals surface area contributed by atoms with Crippen LogP contribution in [0.3, 0.4) is 0 Å². The zero-order valence-corrected chi connectivity index (χ0v) is 19.2. The van der Waals surface area contributed by atoms with Crippen molar-refractivity contribution >= 4 is 17.1 Å². The number of carbonyl (C=O) groups excluding carboxylic acids is 1. The Morgan fingerprint density at radius 3 is 2.62 bits per heavy atom. The van der Waals surface area contributed by atoms with Gasteiger partial charge in [0.05, 0.1) is 37.9 Å². The van der Waals surface area contributed by atoms with Crippen LogP contribution >= 0.6 is 0 Å². The fraction of sp³-hybridized carbons (Fsp3) is 0.476. The molecule has 1 atom stereocenters. The van der Waals surface area contributed by atoms with Gasteiger partial charge in [-0.2, -0.15) is 31.4 Å². The van der Waals surface area contributed by atoms with Crippen LogP contribution in [0.2, 0.25) is 0 Å². The largest absolute Gasteiger partial charge is 0.486 e. The second kappa shape index (κ2) is 9.99. The van der Waals surface area contributed by atoms with Gasteiger partial charge in [0.2, 0.25) is 5.91 Å². The molecular weight excluding hydrogens is 514 g/mol. The first-order chi connectivity index (χ1) is 17.3. The Morgan fingerprint density at radius 1 is 1.16 bits per heavy atom. The van der Waals surface area contributed by atoms with Crippen LogP contribution in [0.1, 0.15) is 30.3 Å². The summed E-state index contributed by atoms with van der Waals surface area (Å²) in [6.45, 7) is 1.86. The van der Waals surface area contributed by atoms with E-state index in [9.17, 15) is 35.9 Å². The maximum Gasteiger partial charge on any atom is 0.425 e. The number of H-pyrrole nitrogens is 1. The molecule has 0 bridgehead atoms. The van der Waals surface area contributed by atoms with Gasteiger partial charge in [-0.05, 0) is 13.0 Å². The molecule has 1 unspecified atom stereocenters. The maximum absolute atomic E-state index is 13.1. The van der Waals surface area contributed by atoms with Crippen LogP contribution in [-0.4, -0.2) is 61.4 Å². The predicted octanol–water partition coefficient (Wildman–Crippen LogP) is 2.77. The Kier molecular flexibility index (Phi) is 7.12. The van der Waals surface area contributed by atoms with Crippen molar-refractivity contribution in [2.45, 2.75) is 44.9 Å². The smallest absolute Gasteiger partial charge is 0.425 e. The standard InChI is InChI=1S/C21H20F6N6O4/c1-11(37-14-8-29-31-19(35)17(14)21(25,26)27)10-36-5-2-16(34)32-3-4-33-15(9-32)30-13-6-12(20(22,23)24)7-28-18(13)33/h6-8,11H,2-5,9-10H2,1H3,(H,31,35). The molecule has 16 heteroatoms. The Morgan fingerprint density at radius 2 is 1.92 bits per heavy atom. The number of amides is 1. The summed E-state index contributed by atoms with van der Waals surface area (Å²) in [7, 11) is 0. The molecule has 1 amide bonds. The van der Waals surface area contributed by atoms with Crippen molar-refractivity contribution in [2.24, 2.45) is 0 Å². The molecule has 0 aromatic carbocycles. The van der Waals surface area contributed by atoms with Crippen LogP contribution in [0.15, 0.2) is 23.3 Å². The first kappa shape index (κ1) is 26.4. The molecule has 1 aliphatic heterocycles. The summed E-state index contributed by atoms with van der Waals surface area (Å²) in [4.78, 5) is 33.6. The molecule has 0 radical (unpaired) electrons. The van der Waals surface area contributed by atoms with E-state index in [0.717, 1.165) is 18.5 Å². The Bertz CT molecular complexity index is 1350. The summed E-state index contributed by atoms with van der Waals surface area (Å²) in [6, 6.07) is 0.913. The molecule has 0 saturated carbocycles. The quantitative estimate of drug-likeness (QED) is 0.366. The number of imidazole rings is 1. The highest BCUT2D eigenvalue weighted by atomic mass is 19.4. The highest BCUT2D eigenvalue weighted by molar-refractivity contribution is 5.77. The molecule has 0 fully saturated rings. The second-order valence-electron chi connectivity index (χ2n) is 8.25. The third-order valence-electron chi connectivity index (χ3n) is 5.52. The first-order valence-corrected chi connectivity index (χ1v) is 10.9. The van der Waals surface area contributed by atoms with Crippen molar-refractivity contribution in [3.8, 4) is 5.75 Å². The van der Waals surface area contributed by atoms with E-state index in [1.54, 1.807) is 9.67 Å². The van der Waals surface area contributed by atoms with Crippen LogP contribution in [-0.2, 0) is 35.0 Å². The van der Waals surface area contributed by atoms with Crippen molar-refractivity contribution in [2.75, 3.05) is 19.8 Å². The second-order valence-corrected chi connectivity index (χ2v) is 8.25. The number of pyridine rings is 1. The fourth-order valence-electron chi connectivity index (χ4n) is 3.81. The van der Waals surface area contributed by atoms with Gasteiger partial charge in [0.25, 0.3) is 5.56 Å². The van der Waals surface area contributed by atoms with E-state index in [0.29, 0.717) is 18.0 Å².